The highest BCUT2D eigenvalue weighted by Gasteiger charge is 2.23. The average molecular weight is 459 g/mol. The van der Waals surface area contributed by atoms with E-state index in [0.717, 1.165) is 18.4 Å². The second kappa shape index (κ2) is 12.1. The SMILES string of the molecule is CCCCNS(=O)(=O)Nc1cc(CC)cc(C(Nc2ccc(C#N)cc2)C(=O)OCC)c1. The normalized spacial score (nSPS) is 11.9. The molecule has 0 saturated carbocycles. The van der Waals surface area contributed by atoms with Crippen LogP contribution in [0, 0.1) is 11.3 Å². The number of unbranched alkanes of at least 4 members (excludes halogenated alkanes) is 1. The summed E-state index contributed by atoms with van der Waals surface area (Å²) in [5.41, 5.74) is 2.93. The molecule has 1 atom stereocenters. The highest BCUT2D eigenvalue weighted by Crippen LogP contribution is 2.26. The number of ether oxygens (including phenoxy) is 1. The van der Waals surface area contributed by atoms with Crippen molar-refractivity contribution in [1.82, 2.24) is 4.72 Å². The third-order valence-electron chi connectivity index (χ3n) is 4.68. The molecule has 8 nitrogen and oxygen atoms in total. The molecule has 3 N–H and O–H groups in total. The number of carbonyl (C=O) groups is 1. The van der Waals surface area contributed by atoms with Crippen LogP contribution in [0.3, 0.4) is 0 Å². The highest BCUT2D eigenvalue weighted by atomic mass is 32.2. The van der Waals surface area contributed by atoms with Crippen LogP contribution in [-0.4, -0.2) is 27.5 Å². The summed E-state index contributed by atoms with van der Waals surface area (Å²) in [5, 5.41) is 12.1. The minimum Gasteiger partial charge on any atom is -0.464 e. The van der Waals surface area contributed by atoms with Gasteiger partial charge in [-0.1, -0.05) is 26.3 Å². The van der Waals surface area contributed by atoms with Crippen molar-refractivity contribution in [2.45, 2.75) is 46.1 Å². The standard InChI is InChI=1S/C23H30N4O4S/c1-4-7-12-25-32(29,30)27-21-14-17(5-2)13-19(15-21)22(23(28)31-6-3)26-20-10-8-18(16-24)9-11-20/h8-11,13-15,22,25-27H,4-7,12H2,1-3H3. The predicted molar refractivity (Wildman–Crippen MR) is 125 cm³/mol. The number of anilines is 2. The maximum Gasteiger partial charge on any atom is 0.333 e. The molecular weight excluding hydrogens is 428 g/mol. The van der Waals surface area contributed by atoms with Crippen LogP contribution in [0.25, 0.3) is 0 Å². The van der Waals surface area contributed by atoms with Gasteiger partial charge >= 0.3 is 5.97 Å². The van der Waals surface area contributed by atoms with E-state index in [4.69, 9.17) is 10.00 Å². The topological polar surface area (TPSA) is 120 Å². The van der Waals surface area contributed by atoms with Crippen LogP contribution in [0.4, 0.5) is 11.4 Å². The summed E-state index contributed by atoms with van der Waals surface area (Å²) < 4.78 is 35.1. The van der Waals surface area contributed by atoms with Gasteiger partial charge in [-0.15, -0.1) is 0 Å². The molecule has 2 aromatic rings. The van der Waals surface area contributed by atoms with E-state index in [1.807, 2.05) is 19.9 Å². The van der Waals surface area contributed by atoms with Gasteiger partial charge in [0.15, 0.2) is 6.04 Å². The predicted octanol–water partition coefficient (Wildman–Crippen LogP) is 3.88. The molecule has 0 aromatic heterocycles. The molecule has 0 spiro atoms. The van der Waals surface area contributed by atoms with Gasteiger partial charge in [0.2, 0.25) is 0 Å². The number of nitrogens with one attached hydrogen (secondary N) is 3. The monoisotopic (exact) mass is 458 g/mol. The molecule has 9 heteroatoms. The van der Waals surface area contributed by atoms with Crippen molar-refractivity contribution in [1.29, 1.82) is 5.26 Å². The lowest BCUT2D eigenvalue weighted by Gasteiger charge is -2.21. The number of benzene rings is 2. The lowest BCUT2D eigenvalue weighted by molar-refractivity contribution is -0.144. The number of nitriles is 1. The summed E-state index contributed by atoms with van der Waals surface area (Å²) in [6.45, 7) is 6.20. The summed E-state index contributed by atoms with van der Waals surface area (Å²) in [5.74, 6) is -0.486. The van der Waals surface area contributed by atoms with Crippen LogP contribution in [0.1, 0.15) is 56.3 Å². The molecule has 2 rings (SSSR count). The Morgan fingerprint density at radius 2 is 1.81 bits per heavy atom. The van der Waals surface area contributed by atoms with Crippen molar-refractivity contribution in [3.8, 4) is 6.07 Å². The molecule has 0 amide bonds. The van der Waals surface area contributed by atoms with Crippen LogP contribution in [0.2, 0.25) is 0 Å². The highest BCUT2D eigenvalue weighted by molar-refractivity contribution is 7.90. The Morgan fingerprint density at radius 1 is 1.09 bits per heavy atom. The van der Waals surface area contributed by atoms with E-state index in [9.17, 15) is 13.2 Å². The molecule has 0 bridgehead atoms. The minimum absolute atomic E-state index is 0.207. The maximum absolute atomic E-state index is 12.8. The zero-order valence-corrected chi connectivity index (χ0v) is 19.5. The van der Waals surface area contributed by atoms with Crippen molar-refractivity contribution < 1.29 is 17.9 Å². The fraction of sp³-hybridized carbons (Fsp3) is 0.391. The molecule has 0 saturated heterocycles. The third kappa shape index (κ3) is 7.55. The van der Waals surface area contributed by atoms with E-state index in [-0.39, 0.29) is 6.61 Å². The molecular formula is C23H30N4O4S. The van der Waals surface area contributed by atoms with Crippen molar-refractivity contribution in [3.05, 3.63) is 59.2 Å². The second-order valence-corrected chi connectivity index (χ2v) is 8.69. The van der Waals surface area contributed by atoms with E-state index in [0.29, 0.717) is 35.5 Å². The molecule has 2 aromatic carbocycles. The minimum atomic E-state index is -3.74. The molecule has 172 valence electrons. The molecule has 0 aliphatic rings. The van der Waals surface area contributed by atoms with Gasteiger partial charge in [0.1, 0.15) is 0 Å². The Bertz CT molecular complexity index is 1050. The number of hydrogen-bond donors (Lipinski definition) is 3. The quantitative estimate of drug-likeness (QED) is 0.328. The summed E-state index contributed by atoms with van der Waals surface area (Å²) >= 11 is 0. The summed E-state index contributed by atoms with van der Waals surface area (Å²) in [7, 11) is -3.74. The first-order valence-corrected chi connectivity index (χ1v) is 12.1. The molecule has 32 heavy (non-hydrogen) atoms. The fourth-order valence-corrected chi connectivity index (χ4v) is 3.95. The molecule has 1 unspecified atom stereocenters. The molecule has 0 aliphatic carbocycles. The molecule has 0 radical (unpaired) electrons. The molecule has 0 heterocycles. The Hall–Kier alpha value is -3.09. The van der Waals surface area contributed by atoms with Crippen molar-refractivity contribution in [2.75, 3.05) is 23.2 Å². The van der Waals surface area contributed by atoms with Gasteiger partial charge in [0.25, 0.3) is 10.2 Å². The van der Waals surface area contributed by atoms with Gasteiger partial charge in [-0.3, -0.25) is 4.72 Å². The van der Waals surface area contributed by atoms with Gasteiger partial charge in [0, 0.05) is 12.2 Å². The summed E-state index contributed by atoms with van der Waals surface area (Å²) in [6.07, 6.45) is 2.26. The number of aryl methyl sites for hydroxylation is 1. The first-order chi connectivity index (χ1) is 15.3. The van der Waals surface area contributed by atoms with Crippen molar-refractivity contribution in [2.24, 2.45) is 0 Å². The van der Waals surface area contributed by atoms with Gasteiger partial charge in [-0.25, -0.2) is 4.79 Å². The third-order valence-corrected chi connectivity index (χ3v) is 5.77. The van der Waals surface area contributed by atoms with Gasteiger partial charge in [-0.2, -0.15) is 18.4 Å². The Balaban J connectivity index is 2.37. The zero-order valence-electron chi connectivity index (χ0n) is 18.6. The number of carbonyl (C=O) groups excluding carboxylic acids is 1. The lowest BCUT2D eigenvalue weighted by Crippen LogP contribution is -2.31. The van der Waals surface area contributed by atoms with Crippen LogP contribution in [0.5, 0.6) is 0 Å². The van der Waals surface area contributed by atoms with E-state index in [1.165, 1.54) is 0 Å². The van der Waals surface area contributed by atoms with Crippen molar-refractivity contribution in [3.63, 3.8) is 0 Å². The number of nitrogens with zero attached hydrogens (tertiary/aromatic N) is 1. The first kappa shape index (κ1) is 25.2. The summed E-state index contributed by atoms with van der Waals surface area (Å²) in [6, 6.07) is 13.1. The van der Waals surface area contributed by atoms with Crippen LogP contribution in [0.15, 0.2) is 42.5 Å². The lowest BCUT2D eigenvalue weighted by atomic mass is 10.0. The van der Waals surface area contributed by atoms with Gasteiger partial charge in [-0.05, 0) is 67.3 Å². The van der Waals surface area contributed by atoms with Gasteiger partial charge < -0.3 is 10.1 Å². The second-order valence-electron chi connectivity index (χ2n) is 7.19. The van der Waals surface area contributed by atoms with E-state index in [1.54, 1.807) is 43.3 Å². The maximum atomic E-state index is 12.8. The Morgan fingerprint density at radius 3 is 2.41 bits per heavy atom. The number of esters is 1. The largest absolute Gasteiger partial charge is 0.464 e. The number of hydrogen-bond acceptors (Lipinski definition) is 6. The van der Waals surface area contributed by atoms with E-state index >= 15 is 0 Å². The first-order valence-electron chi connectivity index (χ1n) is 10.7. The smallest absolute Gasteiger partial charge is 0.333 e. The van der Waals surface area contributed by atoms with Gasteiger partial charge in [0.05, 0.1) is 23.9 Å². The fourth-order valence-electron chi connectivity index (χ4n) is 3.03. The Labute approximate surface area is 190 Å². The van der Waals surface area contributed by atoms with Crippen LogP contribution in [-0.2, 0) is 26.2 Å². The number of rotatable bonds is 12. The molecule has 0 aliphatic heterocycles. The van der Waals surface area contributed by atoms with E-state index in [2.05, 4.69) is 20.8 Å². The van der Waals surface area contributed by atoms with Crippen LogP contribution < -0.4 is 14.8 Å². The van der Waals surface area contributed by atoms with Crippen LogP contribution >= 0.6 is 0 Å². The van der Waals surface area contributed by atoms with Crippen molar-refractivity contribution >= 4 is 27.6 Å². The zero-order chi connectivity index (χ0) is 23.6. The summed E-state index contributed by atoms with van der Waals surface area (Å²) in [4.78, 5) is 12.8. The Kier molecular flexibility index (Phi) is 9.50. The van der Waals surface area contributed by atoms with E-state index < -0.39 is 22.2 Å². The molecule has 0 fully saturated rings. The average Bonchev–Trinajstić information content (AvgIpc) is 2.77.